The molecule has 1 aromatic heterocycles. The largest absolute Gasteiger partial charge is 0.386 e. The number of thiazole rings is 1. The van der Waals surface area contributed by atoms with Crippen LogP contribution in [0.25, 0.3) is 10.2 Å². The van der Waals surface area contributed by atoms with Gasteiger partial charge in [-0.15, -0.1) is 0 Å². The predicted octanol–water partition coefficient (Wildman–Crippen LogP) is 3.78. The third kappa shape index (κ3) is 2.32. The Morgan fingerprint density at radius 1 is 0.933 bits per heavy atom. The molecule has 0 fully saturated rings. The van der Waals surface area contributed by atoms with E-state index < -0.39 is 0 Å². The first-order valence-corrected chi connectivity index (χ1v) is 5.17. The van der Waals surface area contributed by atoms with E-state index in [1.54, 1.807) is 11.3 Å². The molecule has 0 saturated heterocycles. The molecule has 0 atom stereocenters. The molecule has 0 spiro atoms. The van der Waals surface area contributed by atoms with Gasteiger partial charge in [-0.25, -0.2) is 0 Å². The molecule has 0 amide bonds. The van der Waals surface area contributed by atoms with Gasteiger partial charge in [0.15, 0.2) is 0 Å². The van der Waals surface area contributed by atoms with Gasteiger partial charge >= 0.3 is 0 Å². The monoisotopic (exact) mass is 294 g/mol. The summed E-state index contributed by atoms with van der Waals surface area (Å²) in [6.07, 6.45) is 0. The van der Waals surface area contributed by atoms with Crippen molar-refractivity contribution in [2.24, 2.45) is 0 Å². The van der Waals surface area contributed by atoms with Crippen molar-refractivity contribution in [2.45, 2.75) is 27.7 Å². The molecule has 1 aromatic carbocycles. The van der Waals surface area contributed by atoms with Gasteiger partial charge < -0.3 is 12.4 Å². The summed E-state index contributed by atoms with van der Waals surface area (Å²) in [7, 11) is 0. The van der Waals surface area contributed by atoms with Crippen molar-refractivity contribution in [3.63, 3.8) is 0 Å². The molecule has 2 aromatic rings. The molecule has 79 valence electrons. The van der Waals surface area contributed by atoms with Crippen LogP contribution in [0.15, 0.2) is 0 Å². The summed E-state index contributed by atoms with van der Waals surface area (Å²) in [5.74, 6) is 0. The summed E-state index contributed by atoms with van der Waals surface area (Å²) in [5, 5.41) is 0. The van der Waals surface area contributed by atoms with Crippen molar-refractivity contribution in [1.82, 2.24) is 4.98 Å². The number of aromatic nitrogens is 1. The summed E-state index contributed by atoms with van der Waals surface area (Å²) < 4.78 is 1.29. The van der Waals surface area contributed by atoms with E-state index in [0.717, 1.165) is 5.52 Å². The zero-order valence-corrected chi connectivity index (χ0v) is 13.6. The maximum atomic E-state index is 4.27. The molecule has 15 heavy (non-hydrogen) atoms. The van der Waals surface area contributed by atoms with Crippen molar-refractivity contribution in [3.8, 4) is 0 Å². The first-order valence-electron chi connectivity index (χ1n) is 4.36. The molecule has 0 bridgehead atoms. The van der Waals surface area contributed by atoms with Gasteiger partial charge in [-0.1, -0.05) is 46.3 Å². The molecule has 0 aliphatic heterocycles. The number of rotatable bonds is 0. The van der Waals surface area contributed by atoms with Crippen LogP contribution in [0, 0.1) is 40.6 Å². The van der Waals surface area contributed by atoms with E-state index in [1.165, 1.54) is 27.0 Å². The second kappa shape index (κ2) is 5.51. The zero-order valence-electron chi connectivity index (χ0n) is 9.93. The van der Waals surface area contributed by atoms with E-state index in [9.17, 15) is 0 Å². The first-order chi connectivity index (χ1) is 6.13. The van der Waals surface area contributed by atoms with Crippen LogP contribution in [0.2, 0.25) is 0 Å². The van der Waals surface area contributed by atoms with Crippen LogP contribution < -0.4 is 0 Å². The third-order valence-corrected chi connectivity index (χ3v) is 3.79. The number of fused-ring (bicyclic) bond motifs is 1. The Morgan fingerprint density at radius 3 is 2.07 bits per heavy atom. The molecule has 0 unspecified atom stereocenters. The van der Waals surface area contributed by atoms with Crippen LogP contribution in [-0.2, 0) is 32.7 Å². The number of aryl methyl sites for hydroxylation is 2. The number of nitrogens with zero attached hydrogens (tertiary/aromatic N) is 1. The third-order valence-electron chi connectivity index (χ3n) is 2.90. The number of hydrogen-bond acceptors (Lipinski definition) is 2. The Labute approximate surface area is 121 Å². The molecule has 0 aliphatic carbocycles. The maximum absolute atomic E-state index is 4.27. The summed E-state index contributed by atoms with van der Waals surface area (Å²) in [5.41, 5.74) is 9.51. The fourth-order valence-electron chi connectivity index (χ4n) is 1.63. The van der Waals surface area contributed by atoms with Crippen molar-refractivity contribution in [2.75, 3.05) is 0 Å². The maximum Gasteiger partial charge on any atom is 0 e. The van der Waals surface area contributed by atoms with Crippen molar-refractivity contribution in [3.05, 3.63) is 35.2 Å². The van der Waals surface area contributed by atoms with E-state index in [-0.39, 0.29) is 40.1 Å². The molecule has 1 nitrogen and oxygen atoms in total. The van der Waals surface area contributed by atoms with Crippen molar-refractivity contribution >= 4 is 21.6 Å². The topological polar surface area (TPSA) is 12.9 Å². The average Bonchev–Trinajstić information content (AvgIpc) is 2.59. The fourth-order valence-corrected chi connectivity index (χ4v) is 2.46. The normalized spacial score (nSPS) is 9.60. The summed E-state index contributed by atoms with van der Waals surface area (Å²) in [6.45, 7) is 8.64. The van der Waals surface area contributed by atoms with Gasteiger partial charge in [0.25, 0.3) is 0 Å². The van der Waals surface area contributed by atoms with Crippen LogP contribution in [0.4, 0.5) is 0 Å². The molecule has 0 N–H and O–H groups in total. The minimum atomic E-state index is 0. The van der Waals surface area contributed by atoms with Crippen LogP contribution >= 0.6 is 11.3 Å². The Hall–Kier alpha value is 0.214. The van der Waals surface area contributed by atoms with Gasteiger partial charge in [0.1, 0.15) is 0 Å². The fraction of sp³-hybridized carbons (Fsp3) is 0.333. The second-order valence-corrected chi connectivity index (χ2v) is 4.28. The average molecular weight is 294 g/mol. The minimum Gasteiger partial charge on any atom is -0.386 e. The van der Waals surface area contributed by atoms with E-state index in [2.05, 4.69) is 38.2 Å². The van der Waals surface area contributed by atoms with Gasteiger partial charge in [0.05, 0.1) is 0 Å². The Bertz CT molecular complexity index is 432. The van der Waals surface area contributed by atoms with Crippen LogP contribution in [0.5, 0.6) is 0 Å². The molecule has 0 saturated carbocycles. The molecular formula is C12H15NSY-2. The first kappa shape index (κ1) is 15.2. The predicted molar refractivity (Wildman–Crippen MR) is 63.8 cm³/mol. The Balaban J connectivity index is 0.000000980. The molecule has 2 rings (SSSR count). The standard InChI is InChI=1S/C11H12NS.CH3.Y/c1-6-7(2)9(4)11-10(8(6)3)12-5-13-11;;/h1-4H3;1H3;/q2*-1;. The smallest absolute Gasteiger partial charge is 0 e. The Morgan fingerprint density at radius 2 is 1.47 bits per heavy atom. The molecule has 1 radical (unpaired) electrons. The van der Waals surface area contributed by atoms with Crippen molar-refractivity contribution < 1.29 is 32.7 Å². The van der Waals surface area contributed by atoms with E-state index in [0.29, 0.717) is 0 Å². The van der Waals surface area contributed by atoms with Gasteiger partial charge in [0.2, 0.25) is 0 Å². The van der Waals surface area contributed by atoms with Gasteiger partial charge in [-0.3, -0.25) is 11.3 Å². The second-order valence-electron chi connectivity index (χ2n) is 3.48. The summed E-state index contributed by atoms with van der Waals surface area (Å²) >= 11 is 1.61. The van der Waals surface area contributed by atoms with Gasteiger partial charge in [-0.05, 0) is 19.4 Å². The SMILES string of the molecule is Cc1c(C)c(C)c2s[c-]nc2c1C.[CH3-].[Y]. The van der Waals surface area contributed by atoms with Crippen molar-refractivity contribution in [1.29, 1.82) is 0 Å². The Kier molecular flexibility index (Phi) is 5.59. The van der Waals surface area contributed by atoms with Crippen LogP contribution in [0.1, 0.15) is 22.3 Å². The number of benzene rings is 1. The summed E-state index contributed by atoms with van der Waals surface area (Å²) in [4.78, 5) is 4.27. The molecular weight excluding hydrogens is 279 g/mol. The summed E-state index contributed by atoms with van der Waals surface area (Å²) in [6, 6.07) is 0. The van der Waals surface area contributed by atoms with Gasteiger partial charge in [0, 0.05) is 32.7 Å². The molecule has 1 heterocycles. The van der Waals surface area contributed by atoms with Crippen LogP contribution in [0.3, 0.4) is 0 Å². The minimum absolute atomic E-state index is 0. The van der Waals surface area contributed by atoms with E-state index in [1.807, 2.05) is 0 Å². The quantitative estimate of drug-likeness (QED) is 0.674. The number of hydrogen-bond donors (Lipinski definition) is 0. The van der Waals surface area contributed by atoms with E-state index in [4.69, 9.17) is 0 Å². The zero-order chi connectivity index (χ0) is 9.59. The molecule has 0 aliphatic rings. The van der Waals surface area contributed by atoms with E-state index >= 15 is 0 Å². The van der Waals surface area contributed by atoms with Crippen LogP contribution in [-0.4, -0.2) is 4.98 Å². The molecule has 3 heteroatoms. The van der Waals surface area contributed by atoms with Gasteiger partial charge in [-0.2, -0.15) is 0 Å².